The molecule has 0 saturated carbocycles. The molecule has 3 rings (SSSR count). The van der Waals surface area contributed by atoms with Crippen LogP contribution in [0.3, 0.4) is 0 Å². The first-order valence-corrected chi connectivity index (χ1v) is 6.23. The van der Waals surface area contributed by atoms with Crippen molar-refractivity contribution in [1.29, 1.82) is 0 Å². The summed E-state index contributed by atoms with van der Waals surface area (Å²) in [6, 6.07) is -0.478. The van der Waals surface area contributed by atoms with Crippen molar-refractivity contribution in [3.63, 3.8) is 0 Å². The fourth-order valence-electron chi connectivity index (χ4n) is 2.67. The van der Waals surface area contributed by atoms with Gasteiger partial charge >= 0.3 is 6.18 Å². The molecule has 108 valence electrons. The highest BCUT2D eigenvalue weighted by molar-refractivity contribution is 5.42. The highest BCUT2D eigenvalue weighted by atomic mass is 19.4. The van der Waals surface area contributed by atoms with Crippen LogP contribution in [-0.2, 0) is 7.05 Å². The van der Waals surface area contributed by atoms with E-state index in [1.807, 2.05) is 0 Å². The van der Waals surface area contributed by atoms with Crippen LogP contribution in [0.1, 0.15) is 29.8 Å². The number of hydrogen-bond donors (Lipinski definition) is 1. The van der Waals surface area contributed by atoms with Crippen LogP contribution in [0.25, 0.3) is 0 Å². The predicted octanol–water partition coefficient (Wildman–Crippen LogP) is 2.59. The first-order chi connectivity index (χ1) is 9.36. The highest BCUT2D eigenvalue weighted by Gasteiger charge is 2.46. The molecule has 1 aliphatic heterocycles. The normalized spacial score (nSPS) is 22.4. The average Bonchev–Trinajstić information content (AvgIpc) is 2.92. The summed E-state index contributed by atoms with van der Waals surface area (Å²) in [4.78, 5) is 0. The van der Waals surface area contributed by atoms with E-state index in [1.165, 1.54) is 6.20 Å². The molecule has 2 aromatic rings. The standard InChI is InChI=1S/C12H14F3N5/c1-7-8(6-19(2)18-7)9-5-10(12(13,14)15)20-11(17-9)3-4-16-20/h3-4,6,9-10,17H,5H2,1-2H3/t9-,10+/m0/s1. The zero-order valence-corrected chi connectivity index (χ0v) is 11.0. The Morgan fingerprint density at radius 3 is 2.75 bits per heavy atom. The molecule has 2 atom stereocenters. The Hall–Kier alpha value is -1.99. The van der Waals surface area contributed by atoms with E-state index in [1.54, 1.807) is 30.9 Å². The number of fused-ring (bicyclic) bond motifs is 1. The van der Waals surface area contributed by atoms with Crippen molar-refractivity contribution in [1.82, 2.24) is 19.6 Å². The van der Waals surface area contributed by atoms with Crippen LogP contribution in [0.4, 0.5) is 19.0 Å². The van der Waals surface area contributed by atoms with Crippen molar-refractivity contribution in [2.45, 2.75) is 31.6 Å². The van der Waals surface area contributed by atoms with Crippen molar-refractivity contribution in [2.75, 3.05) is 5.32 Å². The molecule has 0 spiro atoms. The third-order valence-corrected chi connectivity index (χ3v) is 3.55. The SMILES string of the molecule is Cc1nn(C)cc1[C@@H]1C[C@H](C(F)(F)F)n2nccc2N1. The number of nitrogens with zero attached hydrogens (tertiary/aromatic N) is 4. The Morgan fingerprint density at radius 2 is 2.15 bits per heavy atom. The Bertz CT molecular complexity index is 627. The molecule has 0 aromatic carbocycles. The lowest BCUT2D eigenvalue weighted by molar-refractivity contribution is -0.173. The van der Waals surface area contributed by atoms with Gasteiger partial charge in [-0.1, -0.05) is 0 Å². The molecule has 8 heteroatoms. The molecular weight excluding hydrogens is 271 g/mol. The van der Waals surface area contributed by atoms with Gasteiger partial charge in [0.25, 0.3) is 0 Å². The van der Waals surface area contributed by atoms with Crippen LogP contribution in [0, 0.1) is 6.92 Å². The summed E-state index contributed by atoms with van der Waals surface area (Å²) in [7, 11) is 1.75. The minimum absolute atomic E-state index is 0.0925. The number of rotatable bonds is 1. The maximum Gasteiger partial charge on any atom is 0.410 e. The lowest BCUT2D eigenvalue weighted by atomic mass is 9.97. The van der Waals surface area contributed by atoms with Gasteiger partial charge in [0.05, 0.1) is 17.9 Å². The Balaban J connectivity index is 2.00. The summed E-state index contributed by atoms with van der Waals surface area (Å²) in [6.45, 7) is 1.80. The minimum atomic E-state index is -4.32. The van der Waals surface area contributed by atoms with Crippen molar-refractivity contribution in [2.24, 2.45) is 7.05 Å². The minimum Gasteiger partial charge on any atom is -0.363 e. The molecule has 0 radical (unpaired) electrons. The van der Waals surface area contributed by atoms with Crippen LogP contribution in [0.15, 0.2) is 18.5 Å². The van der Waals surface area contributed by atoms with Crippen molar-refractivity contribution >= 4 is 5.82 Å². The molecule has 0 saturated heterocycles. The summed E-state index contributed by atoms with van der Waals surface area (Å²) in [5.41, 5.74) is 1.52. The predicted molar refractivity (Wildman–Crippen MR) is 66.2 cm³/mol. The lowest BCUT2D eigenvalue weighted by Gasteiger charge is -2.33. The van der Waals surface area contributed by atoms with Gasteiger partial charge in [0.1, 0.15) is 5.82 Å². The fraction of sp³-hybridized carbons (Fsp3) is 0.500. The van der Waals surface area contributed by atoms with E-state index < -0.39 is 18.3 Å². The fourth-order valence-corrected chi connectivity index (χ4v) is 2.67. The Labute approximate surface area is 113 Å². The molecule has 20 heavy (non-hydrogen) atoms. The van der Waals surface area contributed by atoms with Gasteiger partial charge in [-0.25, -0.2) is 4.68 Å². The van der Waals surface area contributed by atoms with Crippen LogP contribution in [-0.4, -0.2) is 25.7 Å². The maximum atomic E-state index is 13.2. The van der Waals surface area contributed by atoms with E-state index in [-0.39, 0.29) is 6.42 Å². The first-order valence-electron chi connectivity index (χ1n) is 6.23. The van der Waals surface area contributed by atoms with E-state index in [9.17, 15) is 13.2 Å². The molecule has 2 aromatic heterocycles. The van der Waals surface area contributed by atoms with Crippen LogP contribution < -0.4 is 5.32 Å². The van der Waals surface area contributed by atoms with E-state index in [0.717, 1.165) is 15.9 Å². The monoisotopic (exact) mass is 285 g/mol. The summed E-state index contributed by atoms with van der Waals surface area (Å²) >= 11 is 0. The second-order valence-electron chi connectivity index (χ2n) is 4.99. The van der Waals surface area contributed by atoms with Crippen molar-refractivity contribution in [3.05, 3.63) is 29.7 Å². The second-order valence-corrected chi connectivity index (χ2v) is 4.99. The zero-order chi connectivity index (χ0) is 14.5. The van der Waals surface area contributed by atoms with Gasteiger partial charge in [0.15, 0.2) is 6.04 Å². The number of alkyl halides is 3. The lowest BCUT2D eigenvalue weighted by Crippen LogP contribution is -2.35. The second kappa shape index (κ2) is 4.26. The van der Waals surface area contributed by atoms with Gasteiger partial charge in [-0.05, 0) is 6.92 Å². The number of nitrogens with one attached hydrogen (secondary N) is 1. The van der Waals surface area contributed by atoms with Crippen LogP contribution in [0.2, 0.25) is 0 Å². The molecule has 1 N–H and O–H groups in total. The highest BCUT2D eigenvalue weighted by Crippen LogP contribution is 2.43. The van der Waals surface area contributed by atoms with Crippen molar-refractivity contribution in [3.8, 4) is 0 Å². The van der Waals surface area contributed by atoms with Gasteiger partial charge < -0.3 is 5.32 Å². The molecule has 0 amide bonds. The zero-order valence-electron chi connectivity index (χ0n) is 11.0. The summed E-state index contributed by atoms with van der Waals surface area (Å²) < 4.78 is 42.2. The van der Waals surface area contributed by atoms with Gasteiger partial charge in [-0.15, -0.1) is 0 Å². The van der Waals surface area contributed by atoms with Crippen molar-refractivity contribution < 1.29 is 13.2 Å². The number of anilines is 1. The Morgan fingerprint density at radius 1 is 1.40 bits per heavy atom. The number of hydrogen-bond acceptors (Lipinski definition) is 3. The van der Waals surface area contributed by atoms with Gasteiger partial charge in [-0.2, -0.15) is 23.4 Å². The van der Waals surface area contributed by atoms with Crippen LogP contribution >= 0.6 is 0 Å². The van der Waals surface area contributed by atoms with Gasteiger partial charge in [-0.3, -0.25) is 4.68 Å². The van der Waals surface area contributed by atoms with E-state index >= 15 is 0 Å². The smallest absolute Gasteiger partial charge is 0.363 e. The summed E-state index contributed by atoms with van der Waals surface area (Å²) in [6.07, 6.45) is -1.28. The third kappa shape index (κ3) is 2.04. The quantitative estimate of drug-likeness (QED) is 0.876. The number of halogens is 3. The molecule has 3 heterocycles. The summed E-state index contributed by atoms with van der Waals surface area (Å²) in [5, 5.41) is 11.1. The van der Waals surface area contributed by atoms with E-state index in [0.29, 0.717) is 5.82 Å². The average molecular weight is 285 g/mol. The third-order valence-electron chi connectivity index (χ3n) is 3.55. The molecule has 0 fully saturated rings. The van der Waals surface area contributed by atoms with Gasteiger partial charge in [0, 0.05) is 31.3 Å². The number of aromatic nitrogens is 4. The van der Waals surface area contributed by atoms with E-state index in [4.69, 9.17) is 0 Å². The molecular formula is C12H14F3N5. The molecule has 0 aliphatic carbocycles. The maximum absolute atomic E-state index is 13.2. The largest absolute Gasteiger partial charge is 0.410 e. The number of aryl methyl sites for hydroxylation is 2. The Kier molecular flexibility index (Phi) is 2.77. The topological polar surface area (TPSA) is 47.7 Å². The molecule has 0 unspecified atom stereocenters. The van der Waals surface area contributed by atoms with Crippen LogP contribution in [0.5, 0.6) is 0 Å². The molecule has 5 nitrogen and oxygen atoms in total. The molecule has 1 aliphatic rings. The molecule has 0 bridgehead atoms. The van der Waals surface area contributed by atoms with Gasteiger partial charge in [0.2, 0.25) is 0 Å². The summed E-state index contributed by atoms with van der Waals surface area (Å²) in [5.74, 6) is 0.381. The van der Waals surface area contributed by atoms with E-state index in [2.05, 4.69) is 15.5 Å². The first kappa shape index (κ1) is 13.0.